The van der Waals surface area contributed by atoms with Crippen LogP contribution in [0.3, 0.4) is 0 Å². The Labute approximate surface area is 58.0 Å². The summed E-state index contributed by atoms with van der Waals surface area (Å²) in [6.07, 6.45) is 3.02. The lowest BCUT2D eigenvalue weighted by atomic mass is 10.7. The number of nitrogens with two attached hydrogens (primary N) is 1. The third-order valence-corrected chi connectivity index (χ3v) is 1.31. The highest BCUT2D eigenvalue weighted by atomic mass is 32.2. The van der Waals surface area contributed by atoms with Crippen LogP contribution in [0.2, 0.25) is 0 Å². The number of primary amides is 1. The molecule has 0 spiro atoms. The first-order valence-corrected chi connectivity index (χ1v) is 3.47. The van der Waals surface area contributed by atoms with Crippen LogP contribution in [0.5, 0.6) is 0 Å². The van der Waals surface area contributed by atoms with Gasteiger partial charge in [0.15, 0.2) is 5.04 Å². The highest BCUT2D eigenvalue weighted by molar-refractivity contribution is 8.15. The Bertz CT molecular complexity index is 153. The molecular weight excluding hydrogens is 136 g/mol. The largest absolute Gasteiger partial charge is 0.364 e. The second-order valence-electron chi connectivity index (χ2n) is 1.19. The Hall–Kier alpha value is -0.770. The van der Waals surface area contributed by atoms with Crippen LogP contribution in [0.1, 0.15) is 0 Å². The maximum Gasteiger partial charge on any atom is 0.273 e. The van der Waals surface area contributed by atoms with Gasteiger partial charge in [-0.3, -0.25) is 4.79 Å². The van der Waals surface area contributed by atoms with Crippen LogP contribution >= 0.6 is 11.8 Å². The van der Waals surface area contributed by atoms with Gasteiger partial charge in [-0.15, -0.1) is 11.8 Å². The number of carbonyl (C=O) groups excluding carboxylic acids is 1. The van der Waals surface area contributed by atoms with E-state index < -0.39 is 5.91 Å². The standard InChI is InChI=1S/C5H8N2OS/c1-3-7-5(9-2)4(6)8/h3H,1H2,2H3,(H2,6,8). The van der Waals surface area contributed by atoms with Gasteiger partial charge < -0.3 is 5.73 Å². The second-order valence-corrected chi connectivity index (χ2v) is 1.98. The van der Waals surface area contributed by atoms with E-state index in [-0.39, 0.29) is 5.04 Å². The molecule has 0 heterocycles. The van der Waals surface area contributed by atoms with Gasteiger partial charge in [-0.1, -0.05) is 6.58 Å². The topological polar surface area (TPSA) is 55.4 Å². The maximum atomic E-state index is 10.3. The van der Waals surface area contributed by atoms with Crippen molar-refractivity contribution in [2.45, 2.75) is 0 Å². The molecule has 0 aromatic heterocycles. The van der Waals surface area contributed by atoms with Gasteiger partial charge in [-0.2, -0.15) is 0 Å². The SMILES string of the molecule is C=CN=C(SC)C(N)=O. The first kappa shape index (κ1) is 8.23. The van der Waals surface area contributed by atoms with Crippen molar-refractivity contribution in [1.29, 1.82) is 0 Å². The van der Waals surface area contributed by atoms with Gasteiger partial charge in [0.2, 0.25) is 0 Å². The number of amides is 1. The van der Waals surface area contributed by atoms with Crippen molar-refractivity contribution in [3.63, 3.8) is 0 Å². The number of thioether (sulfide) groups is 1. The van der Waals surface area contributed by atoms with Crippen LogP contribution in [0, 0.1) is 0 Å². The van der Waals surface area contributed by atoms with Crippen LogP contribution in [-0.2, 0) is 4.79 Å². The van der Waals surface area contributed by atoms with Crippen LogP contribution in [0.15, 0.2) is 17.8 Å². The normalized spacial score (nSPS) is 11.0. The summed E-state index contributed by atoms with van der Waals surface area (Å²) in [5.74, 6) is -0.512. The van der Waals surface area contributed by atoms with Crippen LogP contribution in [-0.4, -0.2) is 17.2 Å². The molecule has 0 aliphatic heterocycles. The molecule has 9 heavy (non-hydrogen) atoms. The number of carbonyl (C=O) groups is 1. The predicted molar refractivity (Wildman–Crippen MR) is 40.3 cm³/mol. The summed E-state index contributed by atoms with van der Waals surface area (Å²) in [5.41, 5.74) is 4.89. The first-order chi connectivity index (χ1) is 4.22. The zero-order valence-corrected chi connectivity index (χ0v) is 5.94. The molecular formula is C5H8N2OS. The number of rotatable bonds is 1. The van der Waals surface area contributed by atoms with Crippen molar-refractivity contribution in [1.82, 2.24) is 0 Å². The van der Waals surface area contributed by atoms with Crippen molar-refractivity contribution in [2.24, 2.45) is 10.7 Å². The van der Waals surface area contributed by atoms with Crippen molar-refractivity contribution in [3.05, 3.63) is 12.8 Å². The average Bonchev–Trinajstić information content (AvgIpc) is 1.82. The lowest BCUT2D eigenvalue weighted by molar-refractivity contribution is -0.111. The quantitative estimate of drug-likeness (QED) is 0.427. The molecule has 0 aliphatic carbocycles. The highest BCUT2D eigenvalue weighted by Gasteiger charge is 2.01. The van der Waals surface area contributed by atoms with Crippen molar-refractivity contribution < 1.29 is 4.79 Å². The van der Waals surface area contributed by atoms with Crippen LogP contribution in [0.25, 0.3) is 0 Å². The molecule has 0 unspecified atom stereocenters. The number of hydrogen-bond acceptors (Lipinski definition) is 3. The molecule has 0 saturated heterocycles. The Morgan fingerprint density at radius 2 is 2.44 bits per heavy atom. The van der Waals surface area contributed by atoms with Crippen LogP contribution < -0.4 is 5.73 Å². The van der Waals surface area contributed by atoms with E-state index in [0.29, 0.717) is 0 Å². The van der Waals surface area contributed by atoms with Crippen molar-refractivity contribution >= 4 is 22.7 Å². The van der Waals surface area contributed by atoms with E-state index in [1.54, 1.807) is 6.26 Å². The fourth-order valence-corrected chi connectivity index (χ4v) is 0.681. The van der Waals surface area contributed by atoms with Gasteiger partial charge in [0.25, 0.3) is 5.91 Å². The number of hydrogen-bond donors (Lipinski definition) is 1. The molecule has 0 aromatic rings. The zero-order valence-electron chi connectivity index (χ0n) is 5.13. The van der Waals surface area contributed by atoms with E-state index in [9.17, 15) is 4.79 Å². The Balaban J connectivity index is 4.14. The molecule has 50 valence electrons. The average molecular weight is 144 g/mol. The Morgan fingerprint density at radius 3 is 2.56 bits per heavy atom. The smallest absolute Gasteiger partial charge is 0.273 e. The van der Waals surface area contributed by atoms with E-state index in [1.807, 2.05) is 0 Å². The third-order valence-electron chi connectivity index (χ3n) is 0.613. The lowest BCUT2D eigenvalue weighted by Gasteiger charge is -1.91. The highest BCUT2D eigenvalue weighted by Crippen LogP contribution is 1.96. The second kappa shape index (κ2) is 4.14. The first-order valence-electron chi connectivity index (χ1n) is 2.25. The number of aliphatic imine (C=N–C) groups is 1. The zero-order chi connectivity index (χ0) is 7.28. The minimum Gasteiger partial charge on any atom is -0.364 e. The summed E-state index contributed by atoms with van der Waals surface area (Å²) in [4.78, 5) is 14.0. The molecule has 3 nitrogen and oxygen atoms in total. The van der Waals surface area contributed by atoms with Crippen molar-refractivity contribution in [3.8, 4) is 0 Å². The van der Waals surface area contributed by atoms with E-state index in [1.165, 1.54) is 18.0 Å². The fraction of sp³-hybridized carbons (Fsp3) is 0.200. The minimum atomic E-state index is -0.512. The molecule has 4 heteroatoms. The minimum absolute atomic E-state index is 0.282. The molecule has 0 fully saturated rings. The van der Waals surface area contributed by atoms with E-state index in [4.69, 9.17) is 5.73 Å². The molecule has 2 N–H and O–H groups in total. The third kappa shape index (κ3) is 2.92. The fourth-order valence-electron chi connectivity index (χ4n) is 0.300. The molecule has 0 radical (unpaired) electrons. The molecule has 1 amide bonds. The van der Waals surface area contributed by atoms with Gasteiger partial charge >= 0.3 is 0 Å². The molecule has 0 aromatic carbocycles. The van der Waals surface area contributed by atoms with Crippen molar-refractivity contribution in [2.75, 3.05) is 6.26 Å². The molecule has 0 atom stereocenters. The molecule has 0 bridgehead atoms. The number of nitrogens with zero attached hydrogens (tertiary/aromatic N) is 1. The van der Waals surface area contributed by atoms with E-state index in [2.05, 4.69) is 11.6 Å². The Morgan fingerprint density at radius 1 is 1.89 bits per heavy atom. The summed E-state index contributed by atoms with van der Waals surface area (Å²) in [6, 6.07) is 0. The van der Waals surface area contributed by atoms with E-state index >= 15 is 0 Å². The Kier molecular flexibility index (Phi) is 3.79. The molecule has 0 aliphatic rings. The van der Waals surface area contributed by atoms with Gasteiger partial charge in [0.05, 0.1) is 0 Å². The maximum absolute atomic E-state index is 10.3. The monoisotopic (exact) mass is 144 g/mol. The van der Waals surface area contributed by atoms with Gasteiger partial charge in [-0.05, 0) is 6.26 Å². The van der Waals surface area contributed by atoms with Gasteiger partial charge in [0.1, 0.15) is 0 Å². The lowest BCUT2D eigenvalue weighted by Crippen LogP contribution is -2.19. The molecule has 0 saturated carbocycles. The summed E-state index contributed by atoms with van der Waals surface area (Å²) in [5, 5.41) is 0.282. The van der Waals surface area contributed by atoms with Gasteiger partial charge in [0, 0.05) is 6.20 Å². The van der Waals surface area contributed by atoms with Gasteiger partial charge in [-0.25, -0.2) is 4.99 Å². The molecule has 0 rings (SSSR count). The summed E-state index contributed by atoms with van der Waals surface area (Å²) >= 11 is 1.21. The van der Waals surface area contributed by atoms with Crippen LogP contribution in [0.4, 0.5) is 0 Å². The summed E-state index contributed by atoms with van der Waals surface area (Å²) in [6.45, 7) is 3.32. The van der Waals surface area contributed by atoms with E-state index in [0.717, 1.165) is 0 Å². The summed E-state index contributed by atoms with van der Waals surface area (Å²) < 4.78 is 0. The predicted octanol–water partition coefficient (Wildman–Crippen LogP) is 0.377. The summed E-state index contributed by atoms with van der Waals surface area (Å²) in [7, 11) is 0.